The van der Waals surface area contributed by atoms with Crippen molar-refractivity contribution in [2.75, 3.05) is 35.0 Å². The van der Waals surface area contributed by atoms with E-state index >= 15 is 0 Å². The average Bonchev–Trinajstić information content (AvgIpc) is 2.74. The topological polar surface area (TPSA) is 136 Å². The first kappa shape index (κ1) is 23.4. The van der Waals surface area contributed by atoms with Gasteiger partial charge in [-0.25, -0.2) is 0 Å². The van der Waals surface area contributed by atoms with Gasteiger partial charge in [-0.1, -0.05) is 6.08 Å². The van der Waals surface area contributed by atoms with E-state index in [0.717, 1.165) is 0 Å². The molecule has 1 aromatic carbocycles. The summed E-state index contributed by atoms with van der Waals surface area (Å²) in [4.78, 5) is 0. The van der Waals surface area contributed by atoms with Crippen LogP contribution in [-0.4, -0.2) is 92.5 Å². The summed E-state index contributed by atoms with van der Waals surface area (Å²) in [7, 11) is 5.87. The molecule has 1 aromatic rings. The summed E-state index contributed by atoms with van der Waals surface area (Å²) in [6, 6.07) is 3.31. The molecular formula is C19H28O10. The summed E-state index contributed by atoms with van der Waals surface area (Å²) < 4.78 is 32.0. The smallest absolute Gasteiger partial charge is 0.229 e. The fraction of sp³-hybridized carbons (Fsp3) is 0.579. The van der Waals surface area contributed by atoms with Crippen molar-refractivity contribution in [2.24, 2.45) is 0 Å². The summed E-state index contributed by atoms with van der Waals surface area (Å²) in [6.45, 7) is -0.566. The minimum Gasteiger partial charge on any atom is -0.493 e. The molecule has 0 spiro atoms. The Balaban J connectivity index is 2.32. The van der Waals surface area contributed by atoms with Gasteiger partial charge in [-0.05, 0) is 23.8 Å². The van der Waals surface area contributed by atoms with E-state index in [-0.39, 0.29) is 17.2 Å². The average molecular weight is 416 g/mol. The summed E-state index contributed by atoms with van der Waals surface area (Å²) in [5, 5.41) is 39.4. The minimum absolute atomic E-state index is 0.117. The first-order valence-corrected chi connectivity index (χ1v) is 8.87. The summed E-state index contributed by atoms with van der Waals surface area (Å²) in [5.41, 5.74) is 0.693. The van der Waals surface area contributed by atoms with E-state index < -0.39 is 43.6 Å². The van der Waals surface area contributed by atoms with Gasteiger partial charge in [-0.15, -0.1) is 0 Å². The fourth-order valence-electron chi connectivity index (χ4n) is 2.84. The third-order valence-corrected chi connectivity index (χ3v) is 4.48. The number of methoxy groups -OCH3 is 4. The number of benzene rings is 1. The zero-order valence-electron chi connectivity index (χ0n) is 16.7. The van der Waals surface area contributed by atoms with E-state index in [0.29, 0.717) is 5.56 Å². The second kappa shape index (κ2) is 10.7. The maximum atomic E-state index is 10.2. The third kappa shape index (κ3) is 5.37. The van der Waals surface area contributed by atoms with E-state index in [4.69, 9.17) is 28.4 Å². The number of rotatable bonds is 9. The molecule has 1 aliphatic heterocycles. The van der Waals surface area contributed by atoms with Crippen LogP contribution in [0.25, 0.3) is 6.08 Å². The van der Waals surface area contributed by atoms with Gasteiger partial charge in [0.2, 0.25) is 12.0 Å². The summed E-state index contributed by atoms with van der Waals surface area (Å²) in [5.74, 6) is 0.659. The van der Waals surface area contributed by atoms with Crippen LogP contribution in [0, 0.1) is 0 Å². The molecule has 0 amide bonds. The van der Waals surface area contributed by atoms with Crippen molar-refractivity contribution >= 4 is 6.08 Å². The lowest BCUT2D eigenvalue weighted by molar-refractivity contribution is -0.277. The Morgan fingerprint density at radius 1 is 0.966 bits per heavy atom. The molecular weight excluding hydrogens is 388 g/mol. The SMILES string of the molecule is COc1cc(C=CC(OC)OC)cc(OC)c1OC1OC(CO)C(O)C(O)C1O. The molecule has 4 N–H and O–H groups in total. The van der Waals surface area contributed by atoms with Gasteiger partial charge >= 0.3 is 0 Å². The van der Waals surface area contributed by atoms with Crippen LogP contribution in [-0.2, 0) is 14.2 Å². The van der Waals surface area contributed by atoms with Crippen LogP contribution in [0.4, 0.5) is 0 Å². The molecule has 10 heteroatoms. The number of aliphatic hydroxyl groups is 4. The third-order valence-electron chi connectivity index (χ3n) is 4.48. The van der Waals surface area contributed by atoms with Gasteiger partial charge in [0, 0.05) is 14.2 Å². The van der Waals surface area contributed by atoms with Crippen molar-refractivity contribution in [3.8, 4) is 17.2 Å². The molecule has 0 bridgehead atoms. The van der Waals surface area contributed by atoms with Crippen molar-refractivity contribution in [3.05, 3.63) is 23.8 Å². The number of hydrogen-bond donors (Lipinski definition) is 4. The highest BCUT2D eigenvalue weighted by atomic mass is 16.7. The number of hydrogen-bond acceptors (Lipinski definition) is 10. The highest BCUT2D eigenvalue weighted by molar-refractivity contribution is 5.62. The molecule has 164 valence electrons. The van der Waals surface area contributed by atoms with Gasteiger partial charge in [0.25, 0.3) is 0 Å². The van der Waals surface area contributed by atoms with Crippen LogP contribution < -0.4 is 14.2 Å². The van der Waals surface area contributed by atoms with Crippen LogP contribution >= 0.6 is 0 Å². The summed E-state index contributed by atoms with van der Waals surface area (Å²) in [6.07, 6.45) is -4.19. The molecule has 0 saturated carbocycles. The molecule has 5 atom stereocenters. The van der Waals surface area contributed by atoms with Crippen LogP contribution in [0.15, 0.2) is 18.2 Å². The van der Waals surface area contributed by atoms with Crippen molar-refractivity contribution in [1.29, 1.82) is 0 Å². The number of aliphatic hydroxyl groups excluding tert-OH is 4. The van der Waals surface area contributed by atoms with Crippen molar-refractivity contribution < 1.29 is 48.8 Å². The maximum absolute atomic E-state index is 10.2. The van der Waals surface area contributed by atoms with E-state index in [1.54, 1.807) is 24.3 Å². The molecule has 1 heterocycles. The zero-order valence-corrected chi connectivity index (χ0v) is 16.7. The van der Waals surface area contributed by atoms with E-state index in [9.17, 15) is 20.4 Å². The second-order valence-corrected chi connectivity index (χ2v) is 6.27. The zero-order chi connectivity index (χ0) is 21.6. The quantitative estimate of drug-likeness (QED) is 0.391. The van der Waals surface area contributed by atoms with Crippen LogP contribution in [0.1, 0.15) is 5.56 Å². The standard InChI is InChI=1S/C19H28O10/c1-24-11-7-10(5-6-14(26-3)27-4)8-12(25-2)18(11)29-19-17(23)16(22)15(21)13(9-20)28-19/h5-8,13-17,19-23H,9H2,1-4H3. The minimum atomic E-state index is -1.56. The van der Waals surface area contributed by atoms with Gasteiger partial charge < -0.3 is 48.8 Å². The molecule has 10 nitrogen and oxygen atoms in total. The Bertz CT molecular complexity index is 648. The molecule has 0 radical (unpaired) electrons. The van der Waals surface area contributed by atoms with Gasteiger partial charge in [0.1, 0.15) is 24.4 Å². The Morgan fingerprint density at radius 2 is 1.55 bits per heavy atom. The van der Waals surface area contributed by atoms with Crippen LogP contribution in [0.2, 0.25) is 0 Å². The Morgan fingerprint density at radius 3 is 2.03 bits per heavy atom. The molecule has 1 saturated heterocycles. The predicted octanol–water partition coefficient (Wildman–Crippen LogP) is -0.485. The molecule has 5 unspecified atom stereocenters. The Kier molecular flexibility index (Phi) is 8.65. The fourth-order valence-corrected chi connectivity index (χ4v) is 2.84. The lowest BCUT2D eigenvalue weighted by Gasteiger charge is -2.39. The van der Waals surface area contributed by atoms with Crippen LogP contribution in [0.5, 0.6) is 17.2 Å². The second-order valence-electron chi connectivity index (χ2n) is 6.27. The highest BCUT2D eigenvalue weighted by Crippen LogP contribution is 2.40. The first-order chi connectivity index (χ1) is 13.9. The van der Waals surface area contributed by atoms with Crippen molar-refractivity contribution in [1.82, 2.24) is 0 Å². The van der Waals surface area contributed by atoms with E-state index in [1.807, 2.05) is 0 Å². The largest absolute Gasteiger partial charge is 0.493 e. The Hall–Kier alpha value is -1.92. The number of ether oxygens (including phenoxy) is 6. The lowest BCUT2D eigenvalue weighted by Crippen LogP contribution is -2.60. The van der Waals surface area contributed by atoms with Gasteiger partial charge in [0.15, 0.2) is 17.8 Å². The molecule has 0 aliphatic carbocycles. The molecule has 29 heavy (non-hydrogen) atoms. The molecule has 2 rings (SSSR count). The van der Waals surface area contributed by atoms with Gasteiger partial charge in [0.05, 0.1) is 20.8 Å². The maximum Gasteiger partial charge on any atom is 0.229 e. The van der Waals surface area contributed by atoms with Crippen LogP contribution in [0.3, 0.4) is 0 Å². The molecule has 1 aliphatic rings. The normalized spacial score (nSPS) is 27.4. The van der Waals surface area contributed by atoms with Crippen molar-refractivity contribution in [3.63, 3.8) is 0 Å². The van der Waals surface area contributed by atoms with Gasteiger partial charge in [-0.3, -0.25) is 0 Å². The first-order valence-electron chi connectivity index (χ1n) is 8.87. The highest BCUT2D eigenvalue weighted by Gasteiger charge is 2.45. The van der Waals surface area contributed by atoms with E-state index in [1.165, 1.54) is 28.4 Å². The molecule has 0 aromatic heterocycles. The predicted molar refractivity (Wildman–Crippen MR) is 101 cm³/mol. The van der Waals surface area contributed by atoms with Crippen molar-refractivity contribution in [2.45, 2.75) is 37.0 Å². The monoisotopic (exact) mass is 416 g/mol. The molecule has 1 fully saturated rings. The summed E-state index contributed by atoms with van der Waals surface area (Å²) >= 11 is 0. The lowest BCUT2D eigenvalue weighted by atomic mass is 9.99. The Labute approximate surface area is 168 Å². The van der Waals surface area contributed by atoms with Gasteiger partial charge in [-0.2, -0.15) is 0 Å². The van der Waals surface area contributed by atoms with E-state index in [2.05, 4.69) is 0 Å².